The zero-order chi connectivity index (χ0) is 22.5. The van der Waals surface area contributed by atoms with Gasteiger partial charge in [-0.1, -0.05) is 66.4 Å². The first-order valence-corrected chi connectivity index (χ1v) is 13.7. The first kappa shape index (κ1) is 22.9. The Balaban J connectivity index is 1.83. The molecule has 3 aromatic carbocycles. The summed E-state index contributed by atoms with van der Waals surface area (Å²) in [6.45, 7) is 0.0381. The average Bonchev–Trinajstić information content (AvgIpc) is 2.82. The highest BCUT2D eigenvalue weighted by Gasteiger charge is 2.32. The largest absolute Gasteiger partial charge is 0.611 e. The molecule has 0 aliphatic carbocycles. The molecule has 0 aromatic heterocycles. The Hall–Kier alpha value is -2.28. The molecule has 0 amide bonds. The van der Waals surface area contributed by atoms with Gasteiger partial charge in [-0.05, 0) is 41.7 Å². The van der Waals surface area contributed by atoms with Crippen molar-refractivity contribution in [2.24, 2.45) is 0 Å². The molecule has 4 rings (SSSR count). The summed E-state index contributed by atoms with van der Waals surface area (Å²) < 4.78 is 39.9. The van der Waals surface area contributed by atoms with E-state index < -0.39 is 19.1 Å². The Kier molecular flexibility index (Phi) is 7.55. The van der Waals surface area contributed by atoms with Gasteiger partial charge < -0.3 is 9.45 Å². The molecule has 1 unspecified atom stereocenters. The molecule has 1 heterocycles. The van der Waals surface area contributed by atoms with Gasteiger partial charge in [-0.2, -0.15) is 0 Å². The lowest BCUT2D eigenvalue weighted by atomic mass is 9.91. The molecule has 0 saturated heterocycles. The first-order valence-electron chi connectivity index (χ1n) is 10.1. The van der Waals surface area contributed by atoms with Gasteiger partial charge in [-0.25, -0.2) is 9.13 Å². The number of hydrogen-bond donors (Lipinski definition) is 0. The molecule has 0 N–H and O–H groups in total. The van der Waals surface area contributed by atoms with E-state index in [1.807, 2.05) is 48.7 Å². The van der Waals surface area contributed by atoms with Crippen LogP contribution in [0.5, 0.6) is 0 Å². The number of hydrogen-bond acceptors (Lipinski definition) is 6. The Morgan fingerprint density at radius 3 is 2.06 bits per heavy atom. The maximum absolute atomic E-state index is 13.3. The van der Waals surface area contributed by atoms with Crippen LogP contribution in [-0.2, 0) is 24.8 Å². The minimum atomic E-state index is -2.88. The standard InChI is InChI=1S/C24H22NO4PS2/c1-31-24(32(28)17-9-16-29-30(26)27)23-19-12-5-7-14-21(19)25(18-10-3-2-4-11-18)22-15-8-6-13-20(22)23/h2-8,10-15H,9,16-17H2,1H3. The molecule has 0 saturated carbocycles. The summed E-state index contributed by atoms with van der Waals surface area (Å²) in [4.78, 5) is 2.23. The van der Waals surface area contributed by atoms with E-state index in [0.717, 1.165) is 38.0 Å². The van der Waals surface area contributed by atoms with Crippen LogP contribution < -0.4 is 4.90 Å². The minimum Gasteiger partial charge on any atom is -0.611 e. The van der Waals surface area contributed by atoms with Crippen LogP contribution in [0, 0.1) is 0 Å². The van der Waals surface area contributed by atoms with Crippen LogP contribution in [0.3, 0.4) is 0 Å². The molecule has 1 atom stereocenters. The average molecular weight is 484 g/mol. The predicted octanol–water partition coefficient (Wildman–Crippen LogP) is 6.79. The normalized spacial score (nSPS) is 13.3. The summed E-state index contributed by atoms with van der Waals surface area (Å²) in [6.07, 6.45) is 2.33. The van der Waals surface area contributed by atoms with Gasteiger partial charge >= 0.3 is 7.91 Å². The molecule has 5 nitrogen and oxygen atoms in total. The van der Waals surface area contributed by atoms with E-state index in [1.165, 1.54) is 11.8 Å². The maximum atomic E-state index is 13.3. The van der Waals surface area contributed by atoms with Gasteiger partial charge in [0.25, 0.3) is 0 Å². The molecule has 164 valence electrons. The fraction of sp³-hybridized carbons (Fsp3) is 0.167. The summed E-state index contributed by atoms with van der Waals surface area (Å²) in [5.41, 5.74) is 6.12. The number of nitrogens with zero attached hydrogens (tertiary/aromatic N) is 1. The monoisotopic (exact) mass is 483 g/mol. The number of anilines is 3. The fourth-order valence-corrected chi connectivity index (χ4v) is 6.55. The lowest BCUT2D eigenvalue weighted by Crippen LogP contribution is -2.20. The van der Waals surface area contributed by atoms with Crippen molar-refractivity contribution in [2.45, 2.75) is 6.42 Å². The molecule has 0 radical (unpaired) electrons. The van der Waals surface area contributed by atoms with Crippen molar-refractivity contribution >= 4 is 53.5 Å². The zero-order valence-corrected chi connectivity index (χ0v) is 20.0. The van der Waals surface area contributed by atoms with Gasteiger partial charge in [0.1, 0.15) is 5.75 Å². The molecule has 0 fully saturated rings. The third-order valence-corrected chi connectivity index (χ3v) is 8.41. The van der Waals surface area contributed by atoms with E-state index in [1.54, 1.807) is 0 Å². The Morgan fingerprint density at radius 1 is 0.938 bits per heavy atom. The van der Waals surface area contributed by atoms with Crippen molar-refractivity contribution in [1.82, 2.24) is 0 Å². The van der Waals surface area contributed by atoms with Crippen molar-refractivity contribution in [3.8, 4) is 0 Å². The van der Waals surface area contributed by atoms with Gasteiger partial charge in [0.15, 0.2) is 4.24 Å². The Labute approximate surface area is 195 Å². The summed E-state index contributed by atoms with van der Waals surface area (Å²) in [7, 11) is -2.88. The molecular formula is C24H22NO4PS2. The summed E-state index contributed by atoms with van der Waals surface area (Å²) >= 11 is 0.181. The van der Waals surface area contributed by atoms with Crippen LogP contribution in [0.4, 0.5) is 17.1 Å². The molecule has 0 spiro atoms. The summed E-state index contributed by atoms with van der Waals surface area (Å²) in [5, 5.41) is 0. The smallest absolute Gasteiger partial charge is 0.468 e. The highest BCUT2D eigenvalue weighted by atomic mass is 32.3. The SMILES string of the molecule is CSC(=C1c2ccccc2N(c2ccccc2)c2ccccc21)[S+]([O-])CCCOP(=O)=O. The molecular weight excluding hydrogens is 461 g/mol. The second-order valence-electron chi connectivity index (χ2n) is 7.03. The van der Waals surface area contributed by atoms with E-state index in [0.29, 0.717) is 12.2 Å². The topological polar surface area (TPSA) is 69.7 Å². The Bertz CT molecular complexity index is 1140. The first-order chi connectivity index (χ1) is 15.6. The summed E-state index contributed by atoms with van der Waals surface area (Å²) in [5.74, 6) is 0.329. The van der Waals surface area contributed by atoms with E-state index in [4.69, 9.17) is 0 Å². The van der Waals surface area contributed by atoms with Crippen LogP contribution >= 0.6 is 19.7 Å². The van der Waals surface area contributed by atoms with Gasteiger partial charge in [0, 0.05) is 23.2 Å². The van der Waals surface area contributed by atoms with Gasteiger partial charge in [-0.3, -0.25) is 4.52 Å². The van der Waals surface area contributed by atoms with E-state index in [-0.39, 0.29) is 6.61 Å². The van der Waals surface area contributed by atoms with Crippen LogP contribution in [0.25, 0.3) is 5.57 Å². The third-order valence-electron chi connectivity index (χ3n) is 5.11. The van der Waals surface area contributed by atoms with Crippen molar-refractivity contribution in [1.29, 1.82) is 0 Å². The van der Waals surface area contributed by atoms with Crippen LogP contribution in [0.15, 0.2) is 83.1 Å². The lowest BCUT2D eigenvalue weighted by molar-refractivity contribution is 0.304. The molecule has 1 aliphatic rings. The predicted molar refractivity (Wildman–Crippen MR) is 133 cm³/mol. The Morgan fingerprint density at radius 2 is 1.50 bits per heavy atom. The van der Waals surface area contributed by atoms with Crippen LogP contribution in [0.2, 0.25) is 0 Å². The molecule has 8 heteroatoms. The van der Waals surface area contributed by atoms with Gasteiger partial charge in [0.2, 0.25) is 0 Å². The van der Waals surface area contributed by atoms with Crippen molar-refractivity contribution in [3.63, 3.8) is 0 Å². The highest BCUT2D eigenvalue weighted by Crippen LogP contribution is 2.51. The molecule has 1 aliphatic heterocycles. The van der Waals surface area contributed by atoms with Crippen LogP contribution in [-0.4, -0.2) is 23.2 Å². The maximum Gasteiger partial charge on any atom is 0.468 e. The fourth-order valence-electron chi connectivity index (χ4n) is 3.84. The van der Waals surface area contributed by atoms with Crippen LogP contribution in [0.1, 0.15) is 17.5 Å². The van der Waals surface area contributed by atoms with Gasteiger partial charge in [0.05, 0.1) is 23.6 Å². The molecule has 3 aromatic rings. The zero-order valence-electron chi connectivity index (χ0n) is 17.5. The van der Waals surface area contributed by atoms with E-state index in [2.05, 4.69) is 45.8 Å². The summed E-state index contributed by atoms with van der Waals surface area (Å²) in [6, 6.07) is 26.5. The van der Waals surface area contributed by atoms with Crippen molar-refractivity contribution < 1.29 is 18.2 Å². The number of fused-ring (bicyclic) bond motifs is 2. The lowest BCUT2D eigenvalue weighted by Gasteiger charge is -2.35. The van der Waals surface area contributed by atoms with Gasteiger partial charge in [-0.15, -0.1) is 0 Å². The van der Waals surface area contributed by atoms with E-state index >= 15 is 0 Å². The third kappa shape index (κ3) is 4.72. The van der Waals surface area contributed by atoms with E-state index in [9.17, 15) is 13.7 Å². The second-order valence-corrected chi connectivity index (χ2v) is 10.3. The highest BCUT2D eigenvalue weighted by molar-refractivity contribution is 8.18. The molecule has 0 bridgehead atoms. The molecule has 32 heavy (non-hydrogen) atoms. The minimum absolute atomic E-state index is 0.0381. The number of thioether (sulfide) groups is 1. The second kappa shape index (κ2) is 10.6. The van der Waals surface area contributed by atoms with Crippen molar-refractivity contribution in [2.75, 3.05) is 23.5 Å². The quantitative estimate of drug-likeness (QED) is 0.156. The number of para-hydroxylation sites is 3. The number of rotatable bonds is 8. The number of benzene rings is 3. The van der Waals surface area contributed by atoms with Crippen molar-refractivity contribution in [3.05, 3.63) is 94.2 Å².